The van der Waals surface area contributed by atoms with Crippen molar-refractivity contribution in [1.29, 1.82) is 0 Å². The lowest BCUT2D eigenvalue weighted by atomic mass is 9.78. The maximum Gasteiger partial charge on any atom is 0.166 e. The summed E-state index contributed by atoms with van der Waals surface area (Å²) >= 11 is 0. The normalized spacial score (nSPS) is 14.3. The molecule has 0 saturated carbocycles. The SMILES string of the molecule is CCc1cccc(-c2cc(CC(C(=O)C3=CCC=C3)C(CC)CC)ccc2C)c1. The number of ketones is 1. The van der Waals surface area contributed by atoms with Crippen LogP contribution < -0.4 is 0 Å². The van der Waals surface area contributed by atoms with Gasteiger partial charge in [0.15, 0.2) is 5.78 Å². The highest BCUT2D eigenvalue weighted by Crippen LogP contribution is 2.31. The van der Waals surface area contributed by atoms with Gasteiger partial charge in [-0.05, 0) is 59.9 Å². The lowest BCUT2D eigenvalue weighted by Crippen LogP contribution is -2.26. The lowest BCUT2D eigenvalue weighted by molar-refractivity contribution is -0.120. The van der Waals surface area contributed by atoms with E-state index in [1.807, 2.05) is 6.08 Å². The van der Waals surface area contributed by atoms with Gasteiger partial charge in [-0.15, -0.1) is 0 Å². The molecule has 2 aromatic carbocycles. The Bertz CT molecular complexity index is 912. The number of hydrogen-bond donors (Lipinski definition) is 0. The minimum Gasteiger partial charge on any atom is -0.294 e. The maximum atomic E-state index is 13.3. The molecule has 0 aromatic heterocycles. The third-order valence-electron chi connectivity index (χ3n) is 6.41. The third kappa shape index (κ3) is 4.96. The summed E-state index contributed by atoms with van der Waals surface area (Å²) < 4.78 is 0. The zero-order valence-corrected chi connectivity index (χ0v) is 18.4. The van der Waals surface area contributed by atoms with Crippen molar-refractivity contribution in [1.82, 2.24) is 0 Å². The van der Waals surface area contributed by atoms with Crippen LogP contribution in [0.3, 0.4) is 0 Å². The first-order chi connectivity index (χ1) is 14.1. The molecule has 152 valence electrons. The van der Waals surface area contributed by atoms with Gasteiger partial charge >= 0.3 is 0 Å². The summed E-state index contributed by atoms with van der Waals surface area (Å²) in [6, 6.07) is 15.6. The van der Waals surface area contributed by atoms with Gasteiger partial charge in [0.2, 0.25) is 0 Å². The molecular weight excluding hydrogens is 352 g/mol. The number of allylic oxidation sites excluding steroid dienone is 4. The van der Waals surface area contributed by atoms with Crippen molar-refractivity contribution in [3.05, 3.63) is 83.0 Å². The summed E-state index contributed by atoms with van der Waals surface area (Å²) in [7, 11) is 0. The standard InChI is InChI=1S/C28H34O/c1-5-21-11-10-14-25(17-21)26-18-22(16-15-20(26)4)19-27(23(6-2)7-3)28(29)24-12-8-9-13-24/h8,10-18,23,27H,5-7,9,19H2,1-4H3. The van der Waals surface area contributed by atoms with E-state index < -0.39 is 0 Å². The van der Waals surface area contributed by atoms with Crippen LogP contribution in [0.1, 0.15) is 56.7 Å². The van der Waals surface area contributed by atoms with Crippen molar-refractivity contribution in [2.24, 2.45) is 11.8 Å². The van der Waals surface area contributed by atoms with E-state index in [-0.39, 0.29) is 5.92 Å². The van der Waals surface area contributed by atoms with Crippen LogP contribution in [-0.4, -0.2) is 5.78 Å². The lowest BCUT2D eigenvalue weighted by Gasteiger charge is -2.25. The average Bonchev–Trinajstić information content (AvgIpc) is 3.29. The van der Waals surface area contributed by atoms with Gasteiger partial charge in [0.1, 0.15) is 0 Å². The number of benzene rings is 2. The summed E-state index contributed by atoms with van der Waals surface area (Å²) in [4.78, 5) is 13.3. The number of rotatable bonds is 9. The summed E-state index contributed by atoms with van der Waals surface area (Å²) in [5.74, 6) is 0.796. The predicted molar refractivity (Wildman–Crippen MR) is 124 cm³/mol. The Labute approximate surface area is 176 Å². The second kappa shape index (κ2) is 9.87. The number of hydrogen-bond acceptors (Lipinski definition) is 1. The van der Waals surface area contributed by atoms with Crippen molar-refractivity contribution in [3.63, 3.8) is 0 Å². The van der Waals surface area contributed by atoms with E-state index in [1.165, 1.54) is 27.8 Å². The highest BCUT2D eigenvalue weighted by atomic mass is 16.1. The minimum atomic E-state index is 0.0523. The topological polar surface area (TPSA) is 17.1 Å². The van der Waals surface area contributed by atoms with E-state index in [1.54, 1.807) is 0 Å². The highest BCUT2D eigenvalue weighted by molar-refractivity contribution is 6.00. The van der Waals surface area contributed by atoms with Crippen LogP contribution in [0.4, 0.5) is 0 Å². The van der Waals surface area contributed by atoms with Crippen molar-refractivity contribution >= 4 is 5.78 Å². The van der Waals surface area contributed by atoms with Gasteiger partial charge in [-0.25, -0.2) is 0 Å². The summed E-state index contributed by atoms with van der Waals surface area (Å²) in [5.41, 5.74) is 7.38. The molecule has 1 atom stereocenters. The monoisotopic (exact) mass is 386 g/mol. The van der Waals surface area contributed by atoms with Gasteiger partial charge < -0.3 is 0 Å². The van der Waals surface area contributed by atoms with Gasteiger partial charge in [0.25, 0.3) is 0 Å². The minimum absolute atomic E-state index is 0.0523. The number of carbonyl (C=O) groups excluding carboxylic acids is 1. The van der Waals surface area contributed by atoms with Crippen LogP contribution in [0.5, 0.6) is 0 Å². The van der Waals surface area contributed by atoms with E-state index in [0.717, 1.165) is 37.7 Å². The Morgan fingerprint density at radius 1 is 1.00 bits per heavy atom. The van der Waals surface area contributed by atoms with Crippen molar-refractivity contribution in [2.45, 2.75) is 59.8 Å². The highest BCUT2D eigenvalue weighted by Gasteiger charge is 2.28. The first-order valence-electron chi connectivity index (χ1n) is 11.2. The molecule has 0 fully saturated rings. The zero-order chi connectivity index (χ0) is 20.8. The Balaban J connectivity index is 1.93. The van der Waals surface area contributed by atoms with E-state index in [0.29, 0.717) is 11.7 Å². The van der Waals surface area contributed by atoms with Crippen LogP contribution in [0.15, 0.2) is 66.3 Å². The maximum absolute atomic E-state index is 13.3. The molecule has 2 aromatic rings. The third-order valence-corrected chi connectivity index (χ3v) is 6.41. The van der Waals surface area contributed by atoms with Crippen LogP contribution in [0.2, 0.25) is 0 Å². The largest absolute Gasteiger partial charge is 0.294 e. The molecular formula is C28H34O. The smallest absolute Gasteiger partial charge is 0.166 e. The van der Waals surface area contributed by atoms with Gasteiger partial charge in [-0.1, -0.05) is 94.3 Å². The molecule has 29 heavy (non-hydrogen) atoms. The fourth-order valence-corrected chi connectivity index (χ4v) is 4.51. The average molecular weight is 387 g/mol. The molecule has 1 aliphatic carbocycles. The first-order valence-corrected chi connectivity index (χ1v) is 11.2. The molecule has 1 nitrogen and oxygen atoms in total. The molecule has 1 heteroatoms. The fourth-order valence-electron chi connectivity index (χ4n) is 4.51. The molecule has 0 N–H and O–H groups in total. The Kier molecular flexibility index (Phi) is 7.25. The Hall–Kier alpha value is -2.41. The first kappa shape index (κ1) is 21.3. The van der Waals surface area contributed by atoms with E-state index in [2.05, 4.69) is 82.3 Å². The fraction of sp³-hybridized carbons (Fsp3) is 0.393. The summed E-state index contributed by atoms with van der Waals surface area (Å²) in [6.45, 7) is 8.80. The van der Waals surface area contributed by atoms with Crippen molar-refractivity contribution in [3.8, 4) is 11.1 Å². The van der Waals surface area contributed by atoms with Crippen LogP contribution in [0.25, 0.3) is 11.1 Å². The van der Waals surface area contributed by atoms with E-state index in [4.69, 9.17) is 0 Å². The molecule has 0 bridgehead atoms. The quantitative estimate of drug-likeness (QED) is 0.443. The number of carbonyl (C=O) groups is 1. The van der Waals surface area contributed by atoms with Gasteiger partial charge in [0.05, 0.1) is 0 Å². The van der Waals surface area contributed by atoms with Crippen molar-refractivity contribution in [2.75, 3.05) is 0 Å². The molecule has 0 heterocycles. The molecule has 1 unspecified atom stereocenters. The second-order valence-corrected chi connectivity index (χ2v) is 8.25. The molecule has 0 amide bonds. The van der Waals surface area contributed by atoms with Crippen LogP contribution in [0, 0.1) is 18.8 Å². The summed E-state index contributed by atoms with van der Waals surface area (Å²) in [5, 5.41) is 0. The number of Topliss-reactive ketones (excluding diaryl/α,β-unsaturated/α-hetero) is 1. The molecule has 0 spiro atoms. The van der Waals surface area contributed by atoms with Crippen LogP contribution >= 0.6 is 0 Å². The predicted octanol–water partition coefficient (Wildman–Crippen LogP) is 7.27. The Morgan fingerprint density at radius 3 is 2.45 bits per heavy atom. The Morgan fingerprint density at radius 2 is 1.79 bits per heavy atom. The van der Waals surface area contributed by atoms with Crippen LogP contribution in [-0.2, 0) is 17.6 Å². The van der Waals surface area contributed by atoms with Gasteiger partial charge in [-0.2, -0.15) is 0 Å². The second-order valence-electron chi connectivity index (χ2n) is 8.25. The van der Waals surface area contributed by atoms with E-state index in [9.17, 15) is 4.79 Å². The molecule has 3 rings (SSSR count). The van der Waals surface area contributed by atoms with Gasteiger partial charge in [0, 0.05) is 11.5 Å². The molecule has 0 saturated heterocycles. The van der Waals surface area contributed by atoms with Gasteiger partial charge in [-0.3, -0.25) is 4.79 Å². The van der Waals surface area contributed by atoms with E-state index >= 15 is 0 Å². The summed E-state index contributed by atoms with van der Waals surface area (Å²) in [6.07, 6.45) is 11.0. The number of aryl methyl sites for hydroxylation is 2. The zero-order valence-electron chi connectivity index (χ0n) is 18.4. The van der Waals surface area contributed by atoms with Crippen molar-refractivity contribution < 1.29 is 4.79 Å². The molecule has 0 radical (unpaired) electrons. The molecule has 0 aliphatic heterocycles. The molecule has 1 aliphatic rings.